The third-order valence-corrected chi connectivity index (χ3v) is 5.89. The number of hydrogen-bond acceptors (Lipinski definition) is 6. The first-order chi connectivity index (χ1) is 14.6. The third kappa shape index (κ3) is 6.19. The highest BCUT2D eigenvalue weighted by Gasteiger charge is 2.42. The molecular formula is C22H29F3N4O2S. The van der Waals surface area contributed by atoms with Crippen molar-refractivity contribution in [2.45, 2.75) is 72.0 Å². The molecule has 2 N–H and O–H groups in total. The smallest absolute Gasteiger partial charge is 0.407 e. The lowest BCUT2D eigenvalue weighted by Crippen LogP contribution is -2.38. The number of carbonyl (C=O) groups is 1. The molecule has 32 heavy (non-hydrogen) atoms. The van der Waals surface area contributed by atoms with Crippen LogP contribution in [0.5, 0.6) is 5.75 Å². The molecule has 0 saturated heterocycles. The van der Waals surface area contributed by atoms with Crippen LogP contribution in [0, 0.1) is 11.3 Å². The largest absolute Gasteiger partial charge is 0.416 e. The molecule has 1 heterocycles. The number of anilines is 1. The molecule has 1 aromatic heterocycles. The van der Waals surface area contributed by atoms with Gasteiger partial charge in [0.05, 0.1) is 11.1 Å². The van der Waals surface area contributed by atoms with Crippen molar-refractivity contribution in [1.29, 1.82) is 0 Å². The van der Waals surface area contributed by atoms with Crippen LogP contribution < -0.4 is 15.6 Å². The number of nitrogens with zero attached hydrogens (tertiary/aromatic N) is 2. The molecule has 1 amide bonds. The van der Waals surface area contributed by atoms with Crippen molar-refractivity contribution >= 4 is 22.4 Å². The van der Waals surface area contributed by atoms with Gasteiger partial charge in [-0.15, -0.1) is 10.2 Å². The Labute approximate surface area is 189 Å². The van der Waals surface area contributed by atoms with Gasteiger partial charge < -0.3 is 4.84 Å². The van der Waals surface area contributed by atoms with Gasteiger partial charge in [-0.25, -0.2) is 0 Å². The predicted molar refractivity (Wildman–Crippen MR) is 118 cm³/mol. The van der Waals surface area contributed by atoms with Gasteiger partial charge in [0.1, 0.15) is 5.01 Å². The van der Waals surface area contributed by atoms with E-state index in [0.717, 1.165) is 36.0 Å². The minimum Gasteiger partial charge on any atom is -0.407 e. The van der Waals surface area contributed by atoms with E-state index in [-0.39, 0.29) is 27.8 Å². The van der Waals surface area contributed by atoms with E-state index in [1.165, 1.54) is 11.3 Å². The Morgan fingerprint density at radius 3 is 2.31 bits per heavy atom. The van der Waals surface area contributed by atoms with Crippen LogP contribution in [0.1, 0.15) is 81.2 Å². The Hall–Kier alpha value is -2.20. The molecule has 2 aromatic rings. The first-order valence-electron chi connectivity index (χ1n) is 10.4. The Bertz CT molecular complexity index is 973. The zero-order valence-electron chi connectivity index (χ0n) is 19.1. The van der Waals surface area contributed by atoms with Gasteiger partial charge in [0.2, 0.25) is 5.13 Å². The molecule has 0 aliphatic heterocycles. The number of carbonyl (C=O) groups excluding carboxylic acids is 1. The summed E-state index contributed by atoms with van der Waals surface area (Å²) in [6, 6.07) is 2.78. The summed E-state index contributed by atoms with van der Waals surface area (Å²) in [5, 5.41) is 12.0. The normalized spacial score (nSPS) is 16.0. The minimum atomic E-state index is -4.59. The number of rotatable bonds is 6. The van der Waals surface area contributed by atoms with Gasteiger partial charge in [-0.05, 0) is 63.1 Å². The summed E-state index contributed by atoms with van der Waals surface area (Å²) in [5.41, 5.74) is 1.05. The van der Waals surface area contributed by atoms with Gasteiger partial charge in [0.25, 0.3) is 5.91 Å². The summed E-state index contributed by atoms with van der Waals surface area (Å²) in [6.07, 6.45) is -2.32. The Balaban J connectivity index is 1.85. The monoisotopic (exact) mass is 470 g/mol. The molecule has 0 spiro atoms. The quantitative estimate of drug-likeness (QED) is 0.504. The van der Waals surface area contributed by atoms with E-state index >= 15 is 0 Å². The highest BCUT2D eigenvalue weighted by molar-refractivity contribution is 7.15. The number of alkyl halides is 3. The second-order valence-electron chi connectivity index (χ2n) is 10.2. The predicted octanol–water partition coefficient (Wildman–Crippen LogP) is 6.03. The lowest BCUT2D eigenvalue weighted by atomic mass is 9.78. The fourth-order valence-electron chi connectivity index (χ4n) is 3.46. The fraction of sp³-hybridized carbons (Fsp3) is 0.591. The number of benzene rings is 1. The van der Waals surface area contributed by atoms with E-state index in [2.05, 4.69) is 41.8 Å². The Morgan fingerprint density at radius 2 is 1.78 bits per heavy atom. The van der Waals surface area contributed by atoms with Crippen LogP contribution in [0.2, 0.25) is 0 Å². The SMILES string of the molecule is CC(C)(C)NOc1ccc(C(F)(F)F)cc1C(=O)Nc1nnc(C(C2CC2)C(C)(C)C)s1. The maximum absolute atomic E-state index is 13.2. The Kier molecular flexibility index (Phi) is 6.59. The van der Waals surface area contributed by atoms with Crippen LogP contribution in [0.4, 0.5) is 18.3 Å². The highest BCUT2D eigenvalue weighted by atomic mass is 32.1. The lowest BCUT2D eigenvalue weighted by Gasteiger charge is -2.28. The molecule has 1 unspecified atom stereocenters. The molecule has 1 saturated carbocycles. The van der Waals surface area contributed by atoms with E-state index in [4.69, 9.17) is 4.84 Å². The highest BCUT2D eigenvalue weighted by Crippen LogP contribution is 2.52. The van der Waals surface area contributed by atoms with Gasteiger partial charge in [-0.3, -0.25) is 10.1 Å². The van der Waals surface area contributed by atoms with Crippen molar-refractivity contribution in [3.05, 3.63) is 34.3 Å². The average Bonchev–Trinajstić information content (AvgIpc) is 3.36. The van der Waals surface area contributed by atoms with Crippen LogP contribution in [-0.4, -0.2) is 21.6 Å². The topological polar surface area (TPSA) is 76.1 Å². The van der Waals surface area contributed by atoms with Crippen molar-refractivity contribution in [3.8, 4) is 5.75 Å². The lowest BCUT2D eigenvalue weighted by molar-refractivity contribution is -0.137. The summed E-state index contributed by atoms with van der Waals surface area (Å²) < 4.78 is 39.7. The molecule has 3 rings (SSSR count). The van der Waals surface area contributed by atoms with Crippen molar-refractivity contribution in [2.24, 2.45) is 11.3 Å². The number of hydrogen-bond donors (Lipinski definition) is 2. The zero-order chi connectivity index (χ0) is 23.9. The van der Waals surface area contributed by atoms with Gasteiger partial charge in [0.15, 0.2) is 5.75 Å². The first kappa shape index (κ1) is 24.4. The van der Waals surface area contributed by atoms with E-state index in [1.54, 1.807) is 0 Å². The maximum atomic E-state index is 13.2. The van der Waals surface area contributed by atoms with Gasteiger partial charge in [-0.1, -0.05) is 32.1 Å². The molecule has 10 heteroatoms. The van der Waals surface area contributed by atoms with Crippen LogP contribution in [0.25, 0.3) is 0 Å². The van der Waals surface area contributed by atoms with Gasteiger partial charge >= 0.3 is 6.18 Å². The van der Waals surface area contributed by atoms with Crippen LogP contribution >= 0.6 is 11.3 Å². The molecule has 1 aromatic carbocycles. The summed E-state index contributed by atoms with van der Waals surface area (Å²) in [5.74, 6) is -0.00325. The summed E-state index contributed by atoms with van der Waals surface area (Å²) >= 11 is 1.26. The average molecular weight is 471 g/mol. The number of hydroxylamine groups is 1. The maximum Gasteiger partial charge on any atom is 0.416 e. The van der Waals surface area contributed by atoms with E-state index in [0.29, 0.717) is 5.92 Å². The minimum absolute atomic E-state index is 0.0113. The van der Waals surface area contributed by atoms with Crippen LogP contribution in [0.3, 0.4) is 0 Å². The zero-order valence-corrected chi connectivity index (χ0v) is 19.9. The fourth-order valence-corrected chi connectivity index (χ4v) is 4.64. The second-order valence-corrected chi connectivity index (χ2v) is 11.3. The Morgan fingerprint density at radius 1 is 1.12 bits per heavy atom. The second kappa shape index (κ2) is 8.62. The van der Waals surface area contributed by atoms with Crippen molar-refractivity contribution in [2.75, 3.05) is 5.32 Å². The van der Waals surface area contributed by atoms with Crippen molar-refractivity contribution in [3.63, 3.8) is 0 Å². The molecule has 1 aliphatic carbocycles. The molecule has 1 atom stereocenters. The van der Waals surface area contributed by atoms with E-state index < -0.39 is 23.2 Å². The molecular weight excluding hydrogens is 441 g/mol. The van der Waals surface area contributed by atoms with Crippen LogP contribution in [-0.2, 0) is 6.18 Å². The molecule has 6 nitrogen and oxygen atoms in total. The van der Waals surface area contributed by atoms with E-state index in [9.17, 15) is 18.0 Å². The molecule has 0 radical (unpaired) electrons. The van der Waals surface area contributed by atoms with Crippen LogP contribution in [0.15, 0.2) is 18.2 Å². The van der Waals surface area contributed by atoms with E-state index in [1.807, 2.05) is 20.8 Å². The van der Waals surface area contributed by atoms with Crippen molar-refractivity contribution < 1.29 is 22.8 Å². The molecule has 1 fully saturated rings. The van der Waals surface area contributed by atoms with Gasteiger partial charge in [-0.2, -0.15) is 18.7 Å². The number of amides is 1. The molecule has 176 valence electrons. The van der Waals surface area contributed by atoms with Gasteiger partial charge in [0, 0.05) is 11.5 Å². The number of halogens is 3. The third-order valence-electron chi connectivity index (χ3n) is 4.97. The summed E-state index contributed by atoms with van der Waals surface area (Å²) in [7, 11) is 0. The number of nitrogens with one attached hydrogen (secondary N) is 2. The first-order valence-corrected chi connectivity index (χ1v) is 11.3. The standard InChI is InChI=1S/C22H29F3N4O2S/c1-20(2,3)16(12-7-8-12)18-27-28-19(32-18)26-17(30)14-11-13(22(23,24)25)9-10-15(14)31-29-21(4,5)6/h9-12,16,29H,7-8H2,1-6H3,(H,26,28,30). The summed E-state index contributed by atoms with van der Waals surface area (Å²) in [4.78, 5) is 18.4. The molecule has 1 aliphatic rings. The summed E-state index contributed by atoms with van der Waals surface area (Å²) in [6.45, 7) is 11.9. The molecule has 0 bridgehead atoms. The number of aromatic nitrogens is 2. The van der Waals surface area contributed by atoms with Crippen molar-refractivity contribution in [1.82, 2.24) is 15.7 Å².